The van der Waals surface area contributed by atoms with Gasteiger partial charge in [-0.2, -0.15) is 0 Å². The maximum absolute atomic E-state index is 5.63. The van der Waals surface area contributed by atoms with Crippen molar-refractivity contribution in [2.75, 3.05) is 0 Å². The zero-order chi connectivity index (χ0) is 11.7. The monoisotopic (exact) mass is 216 g/mol. The predicted octanol–water partition coefficient (Wildman–Crippen LogP) is 2.73. The Morgan fingerprint density at radius 1 is 1.19 bits per heavy atom. The van der Waals surface area contributed by atoms with Gasteiger partial charge < -0.3 is 10.2 Å². The standard InChI is InChI=1S/C13H16N2O/c1-8-4-9(2)12(10(3)5-8)13-11(6-14)16-7-15-13/h4-5,7H,6,14H2,1-3H3. The highest BCUT2D eigenvalue weighted by molar-refractivity contribution is 5.69. The smallest absolute Gasteiger partial charge is 0.181 e. The number of aryl methyl sites for hydroxylation is 3. The first-order valence-corrected chi connectivity index (χ1v) is 5.34. The second-order valence-corrected chi connectivity index (χ2v) is 4.10. The Labute approximate surface area is 95.3 Å². The van der Waals surface area contributed by atoms with Crippen LogP contribution in [0.1, 0.15) is 22.5 Å². The Bertz CT molecular complexity index is 491. The summed E-state index contributed by atoms with van der Waals surface area (Å²) in [5, 5.41) is 0. The lowest BCUT2D eigenvalue weighted by Crippen LogP contribution is -1.99. The van der Waals surface area contributed by atoms with E-state index in [9.17, 15) is 0 Å². The number of rotatable bonds is 2. The molecule has 0 saturated heterocycles. The molecule has 2 rings (SSSR count). The maximum Gasteiger partial charge on any atom is 0.181 e. The van der Waals surface area contributed by atoms with Crippen LogP contribution in [0.4, 0.5) is 0 Å². The van der Waals surface area contributed by atoms with Gasteiger partial charge in [0.25, 0.3) is 0 Å². The fourth-order valence-electron chi connectivity index (χ4n) is 2.17. The second kappa shape index (κ2) is 4.10. The number of oxazole rings is 1. The lowest BCUT2D eigenvalue weighted by molar-refractivity contribution is 0.507. The van der Waals surface area contributed by atoms with Gasteiger partial charge in [0, 0.05) is 5.56 Å². The zero-order valence-electron chi connectivity index (χ0n) is 9.87. The van der Waals surface area contributed by atoms with Crippen molar-refractivity contribution in [3.05, 3.63) is 41.0 Å². The van der Waals surface area contributed by atoms with E-state index in [-0.39, 0.29) is 0 Å². The average molecular weight is 216 g/mol. The molecule has 0 bridgehead atoms. The van der Waals surface area contributed by atoms with E-state index in [1.807, 2.05) is 0 Å². The molecule has 2 N–H and O–H groups in total. The van der Waals surface area contributed by atoms with E-state index in [0.29, 0.717) is 6.54 Å². The van der Waals surface area contributed by atoms with Crippen LogP contribution < -0.4 is 5.73 Å². The lowest BCUT2D eigenvalue weighted by Gasteiger charge is -2.09. The van der Waals surface area contributed by atoms with Crippen LogP contribution in [0.5, 0.6) is 0 Å². The first kappa shape index (κ1) is 10.9. The fraction of sp³-hybridized carbons (Fsp3) is 0.308. The number of hydrogen-bond acceptors (Lipinski definition) is 3. The molecule has 0 aliphatic heterocycles. The molecule has 16 heavy (non-hydrogen) atoms. The zero-order valence-corrected chi connectivity index (χ0v) is 9.87. The molecule has 0 amide bonds. The molecule has 0 atom stereocenters. The van der Waals surface area contributed by atoms with Crippen molar-refractivity contribution in [1.82, 2.24) is 4.98 Å². The summed E-state index contributed by atoms with van der Waals surface area (Å²) in [6.45, 7) is 6.65. The molecule has 0 spiro atoms. The second-order valence-electron chi connectivity index (χ2n) is 4.10. The number of hydrogen-bond donors (Lipinski definition) is 1. The molecule has 0 unspecified atom stereocenters. The molecule has 0 aliphatic carbocycles. The summed E-state index contributed by atoms with van der Waals surface area (Å²) in [6.07, 6.45) is 1.45. The largest absolute Gasteiger partial charge is 0.446 e. The van der Waals surface area contributed by atoms with Gasteiger partial charge in [-0.25, -0.2) is 4.98 Å². The van der Waals surface area contributed by atoms with Crippen LogP contribution >= 0.6 is 0 Å². The van der Waals surface area contributed by atoms with Crippen molar-refractivity contribution in [3.8, 4) is 11.3 Å². The van der Waals surface area contributed by atoms with E-state index in [0.717, 1.165) is 17.0 Å². The van der Waals surface area contributed by atoms with Gasteiger partial charge in [0.05, 0.1) is 6.54 Å². The van der Waals surface area contributed by atoms with Gasteiger partial charge in [-0.3, -0.25) is 0 Å². The molecule has 84 valence electrons. The van der Waals surface area contributed by atoms with Gasteiger partial charge in [0.1, 0.15) is 11.5 Å². The van der Waals surface area contributed by atoms with Crippen LogP contribution in [-0.4, -0.2) is 4.98 Å². The minimum Gasteiger partial charge on any atom is -0.446 e. The van der Waals surface area contributed by atoms with E-state index >= 15 is 0 Å². The van der Waals surface area contributed by atoms with Crippen LogP contribution in [-0.2, 0) is 6.54 Å². The highest BCUT2D eigenvalue weighted by Gasteiger charge is 2.14. The highest BCUT2D eigenvalue weighted by atomic mass is 16.3. The average Bonchev–Trinajstić information content (AvgIpc) is 2.64. The Kier molecular flexibility index (Phi) is 2.79. The number of nitrogens with zero attached hydrogens (tertiary/aromatic N) is 1. The van der Waals surface area contributed by atoms with Crippen LogP contribution in [0, 0.1) is 20.8 Å². The van der Waals surface area contributed by atoms with Crippen molar-refractivity contribution < 1.29 is 4.42 Å². The summed E-state index contributed by atoms with van der Waals surface area (Å²) in [5.41, 5.74) is 11.3. The quantitative estimate of drug-likeness (QED) is 0.839. The first-order valence-electron chi connectivity index (χ1n) is 5.34. The van der Waals surface area contributed by atoms with Crippen molar-refractivity contribution in [2.24, 2.45) is 5.73 Å². The molecular weight excluding hydrogens is 200 g/mol. The molecular formula is C13H16N2O. The highest BCUT2D eigenvalue weighted by Crippen LogP contribution is 2.29. The van der Waals surface area contributed by atoms with Crippen LogP contribution in [0.3, 0.4) is 0 Å². The van der Waals surface area contributed by atoms with E-state index < -0.39 is 0 Å². The Hall–Kier alpha value is -1.61. The van der Waals surface area contributed by atoms with Gasteiger partial charge in [0.15, 0.2) is 6.39 Å². The fourth-order valence-corrected chi connectivity index (χ4v) is 2.17. The predicted molar refractivity (Wildman–Crippen MR) is 64.0 cm³/mol. The van der Waals surface area contributed by atoms with Crippen molar-refractivity contribution in [3.63, 3.8) is 0 Å². The third kappa shape index (κ3) is 1.74. The lowest BCUT2D eigenvalue weighted by atomic mass is 9.96. The van der Waals surface area contributed by atoms with Gasteiger partial charge in [-0.1, -0.05) is 17.7 Å². The SMILES string of the molecule is Cc1cc(C)c(-c2ncoc2CN)c(C)c1. The summed E-state index contributed by atoms with van der Waals surface area (Å²) in [7, 11) is 0. The normalized spacial score (nSPS) is 10.8. The van der Waals surface area contributed by atoms with E-state index in [1.54, 1.807) is 0 Å². The molecule has 1 heterocycles. The number of benzene rings is 1. The minimum atomic E-state index is 0.377. The summed E-state index contributed by atoms with van der Waals surface area (Å²) >= 11 is 0. The Morgan fingerprint density at radius 2 is 1.81 bits per heavy atom. The van der Waals surface area contributed by atoms with E-state index in [1.165, 1.54) is 23.1 Å². The van der Waals surface area contributed by atoms with Crippen molar-refractivity contribution in [1.29, 1.82) is 0 Å². The van der Waals surface area contributed by atoms with Crippen LogP contribution in [0.15, 0.2) is 22.9 Å². The molecule has 0 saturated carbocycles. The molecule has 0 fully saturated rings. The van der Waals surface area contributed by atoms with E-state index in [2.05, 4.69) is 37.9 Å². The minimum absolute atomic E-state index is 0.377. The Balaban J connectivity index is 2.64. The number of nitrogens with two attached hydrogens (primary N) is 1. The van der Waals surface area contributed by atoms with Gasteiger partial charge in [-0.15, -0.1) is 0 Å². The molecule has 2 aromatic rings. The topological polar surface area (TPSA) is 52.0 Å². The first-order chi connectivity index (χ1) is 7.63. The summed E-state index contributed by atoms with van der Waals surface area (Å²) in [5.74, 6) is 0.745. The summed E-state index contributed by atoms with van der Waals surface area (Å²) < 4.78 is 5.27. The number of aromatic nitrogens is 1. The molecule has 1 aromatic heterocycles. The molecule has 0 aliphatic rings. The van der Waals surface area contributed by atoms with Crippen LogP contribution in [0.2, 0.25) is 0 Å². The summed E-state index contributed by atoms with van der Waals surface area (Å²) in [4.78, 5) is 4.26. The van der Waals surface area contributed by atoms with Crippen molar-refractivity contribution >= 4 is 0 Å². The Morgan fingerprint density at radius 3 is 2.38 bits per heavy atom. The maximum atomic E-state index is 5.63. The molecule has 0 radical (unpaired) electrons. The van der Waals surface area contributed by atoms with Crippen molar-refractivity contribution in [2.45, 2.75) is 27.3 Å². The van der Waals surface area contributed by atoms with Gasteiger partial charge >= 0.3 is 0 Å². The van der Waals surface area contributed by atoms with Crippen LogP contribution in [0.25, 0.3) is 11.3 Å². The summed E-state index contributed by atoms with van der Waals surface area (Å²) in [6, 6.07) is 4.30. The molecule has 1 aromatic carbocycles. The molecule has 3 nitrogen and oxygen atoms in total. The third-order valence-corrected chi connectivity index (χ3v) is 2.74. The third-order valence-electron chi connectivity index (χ3n) is 2.74. The van der Waals surface area contributed by atoms with Gasteiger partial charge in [0.2, 0.25) is 0 Å². The van der Waals surface area contributed by atoms with E-state index in [4.69, 9.17) is 10.2 Å². The van der Waals surface area contributed by atoms with Gasteiger partial charge in [-0.05, 0) is 31.9 Å². The molecule has 3 heteroatoms.